The Bertz CT molecular complexity index is 730. The van der Waals surface area contributed by atoms with Crippen LogP contribution in [-0.4, -0.2) is 68.4 Å². The molecule has 3 rings (SSSR count). The summed E-state index contributed by atoms with van der Waals surface area (Å²) in [5.41, 5.74) is 2.88. The molecule has 0 bridgehead atoms. The van der Waals surface area contributed by atoms with Gasteiger partial charge in [-0.1, -0.05) is 0 Å². The number of hydrogen-bond donors (Lipinski definition) is 1. The van der Waals surface area contributed by atoms with Crippen LogP contribution in [-0.2, 0) is 16.0 Å². The van der Waals surface area contributed by atoms with Gasteiger partial charge in [-0.15, -0.1) is 0 Å². The number of fused-ring (bicyclic) bond motifs is 1. The van der Waals surface area contributed by atoms with Crippen LogP contribution in [0.5, 0.6) is 0 Å². The zero-order chi connectivity index (χ0) is 17.1. The van der Waals surface area contributed by atoms with Gasteiger partial charge in [-0.3, -0.25) is 4.79 Å². The summed E-state index contributed by atoms with van der Waals surface area (Å²) < 4.78 is 7.14. The highest BCUT2D eigenvalue weighted by atomic mass is 16.5. The number of ether oxygens (including phenoxy) is 1. The second kappa shape index (κ2) is 7.23. The quantitative estimate of drug-likeness (QED) is 0.856. The lowest BCUT2D eigenvalue weighted by Gasteiger charge is -2.23. The lowest BCUT2D eigenvalue weighted by molar-refractivity contribution is -0.131. The highest BCUT2D eigenvalue weighted by molar-refractivity contribution is 5.76. The summed E-state index contributed by atoms with van der Waals surface area (Å²) in [6.07, 6.45) is 2.50. The molecule has 1 aliphatic rings. The van der Waals surface area contributed by atoms with Crippen LogP contribution in [0.1, 0.15) is 23.4 Å². The summed E-state index contributed by atoms with van der Waals surface area (Å²) in [6, 6.07) is 0. The molecule has 1 amide bonds. The normalized spacial score (nSPS) is 18.8. The molecular formula is C16H23N5O3. The minimum absolute atomic E-state index is 0.00640. The van der Waals surface area contributed by atoms with Gasteiger partial charge in [0, 0.05) is 43.4 Å². The summed E-state index contributed by atoms with van der Waals surface area (Å²) in [5, 5.41) is 13.5. The molecule has 1 saturated heterocycles. The first-order chi connectivity index (χ1) is 11.6. The molecule has 0 aromatic carbocycles. The molecule has 1 fully saturated rings. The second-order valence-electron chi connectivity index (χ2n) is 6.20. The Morgan fingerprint density at radius 3 is 3.08 bits per heavy atom. The summed E-state index contributed by atoms with van der Waals surface area (Å²) in [7, 11) is 0. The molecule has 2 aromatic heterocycles. The Morgan fingerprint density at radius 1 is 1.46 bits per heavy atom. The van der Waals surface area contributed by atoms with Crippen LogP contribution >= 0.6 is 0 Å². The van der Waals surface area contributed by atoms with Crippen molar-refractivity contribution in [1.29, 1.82) is 0 Å². The van der Waals surface area contributed by atoms with Gasteiger partial charge in [-0.05, 0) is 25.8 Å². The van der Waals surface area contributed by atoms with Gasteiger partial charge in [0.15, 0.2) is 0 Å². The van der Waals surface area contributed by atoms with Gasteiger partial charge in [0.25, 0.3) is 5.78 Å². The maximum atomic E-state index is 12.6. The van der Waals surface area contributed by atoms with E-state index < -0.39 is 0 Å². The molecule has 0 unspecified atom stereocenters. The standard InChI is InChI=1S/C16H23N5O3/c1-11-14(12(2)21-16(19-11)17-10-18-21)3-4-15(23)20-5-6-24-9-13(7-20)8-22/h10,13,22H,3-9H2,1-2H3/t13-/m1/s1. The number of rotatable bonds is 4. The fourth-order valence-corrected chi connectivity index (χ4v) is 3.12. The average Bonchev–Trinajstić information content (AvgIpc) is 2.90. The second-order valence-corrected chi connectivity index (χ2v) is 6.20. The van der Waals surface area contributed by atoms with E-state index in [1.54, 1.807) is 9.42 Å². The molecule has 0 radical (unpaired) electrons. The highest BCUT2D eigenvalue weighted by Gasteiger charge is 2.22. The number of carbonyl (C=O) groups is 1. The van der Waals surface area contributed by atoms with Gasteiger partial charge >= 0.3 is 0 Å². The molecule has 2 aromatic rings. The van der Waals surface area contributed by atoms with E-state index in [9.17, 15) is 9.90 Å². The number of carbonyl (C=O) groups excluding carboxylic acids is 1. The molecule has 8 nitrogen and oxygen atoms in total. The van der Waals surface area contributed by atoms with Crippen molar-refractivity contribution in [1.82, 2.24) is 24.5 Å². The zero-order valence-electron chi connectivity index (χ0n) is 14.1. The third-order valence-corrected chi connectivity index (χ3v) is 4.53. The lowest BCUT2D eigenvalue weighted by Crippen LogP contribution is -2.37. The summed E-state index contributed by atoms with van der Waals surface area (Å²) >= 11 is 0. The highest BCUT2D eigenvalue weighted by Crippen LogP contribution is 2.16. The molecule has 130 valence electrons. The summed E-state index contributed by atoms with van der Waals surface area (Å²) in [6.45, 7) is 6.09. The van der Waals surface area contributed by atoms with Crippen molar-refractivity contribution in [3.8, 4) is 0 Å². The first kappa shape index (κ1) is 16.8. The number of hydrogen-bond acceptors (Lipinski definition) is 6. The van der Waals surface area contributed by atoms with Crippen molar-refractivity contribution in [3.05, 3.63) is 23.3 Å². The Morgan fingerprint density at radius 2 is 2.29 bits per heavy atom. The van der Waals surface area contributed by atoms with Crippen molar-refractivity contribution >= 4 is 11.7 Å². The van der Waals surface area contributed by atoms with E-state index in [1.165, 1.54) is 6.33 Å². The molecule has 8 heteroatoms. The van der Waals surface area contributed by atoms with Crippen LogP contribution < -0.4 is 0 Å². The smallest absolute Gasteiger partial charge is 0.252 e. The van der Waals surface area contributed by atoms with E-state index in [0.29, 0.717) is 44.9 Å². The van der Waals surface area contributed by atoms with Gasteiger partial charge in [-0.25, -0.2) is 9.50 Å². The van der Waals surface area contributed by atoms with Gasteiger partial charge in [-0.2, -0.15) is 10.1 Å². The monoisotopic (exact) mass is 333 g/mol. The van der Waals surface area contributed by atoms with Crippen LogP contribution in [0, 0.1) is 19.8 Å². The number of aryl methyl sites for hydroxylation is 2. The van der Waals surface area contributed by atoms with Crippen molar-refractivity contribution in [2.75, 3.05) is 32.9 Å². The van der Waals surface area contributed by atoms with Crippen molar-refractivity contribution in [3.63, 3.8) is 0 Å². The molecular weight excluding hydrogens is 310 g/mol. The Hall–Kier alpha value is -2.06. The SMILES string of the molecule is Cc1nc2ncnn2c(C)c1CCC(=O)N1CCOC[C@@H](CO)C1. The van der Waals surface area contributed by atoms with E-state index >= 15 is 0 Å². The van der Waals surface area contributed by atoms with Gasteiger partial charge in [0.2, 0.25) is 5.91 Å². The Balaban J connectivity index is 1.70. The Labute approximate surface area is 140 Å². The molecule has 1 atom stereocenters. The molecule has 1 aliphatic heterocycles. The average molecular weight is 333 g/mol. The van der Waals surface area contributed by atoms with Gasteiger partial charge in [0.05, 0.1) is 13.2 Å². The molecule has 0 spiro atoms. The van der Waals surface area contributed by atoms with Crippen molar-refractivity contribution in [2.24, 2.45) is 5.92 Å². The number of nitrogens with zero attached hydrogens (tertiary/aromatic N) is 5. The fourth-order valence-electron chi connectivity index (χ4n) is 3.12. The van der Waals surface area contributed by atoms with Crippen LogP contribution in [0.3, 0.4) is 0 Å². The number of aromatic nitrogens is 4. The predicted octanol–water partition coefficient (Wildman–Crippen LogP) is 0.141. The van der Waals surface area contributed by atoms with E-state index in [1.807, 2.05) is 13.8 Å². The minimum atomic E-state index is -0.00640. The predicted molar refractivity (Wildman–Crippen MR) is 86.6 cm³/mol. The van der Waals surface area contributed by atoms with Crippen LogP contribution in [0.15, 0.2) is 6.33 Å². The number of aliphatic hydroxyl groups excluding tert-OH is 1. The van der Waals surface area contributed by atoms with E-state index in [0.717, 1.165) is 17.0 Å². The van der Waals surface area contributed by atoms with Crippen LogP contribution in [0.2, 0.25) is 0 Å². The molecule has 1 N–H and O–H groups in total. The lowest BCUT2D eigenvalue weighted by atomic mass is 10.1. The van der Waals surface area contributed by atoms with Crippen LogP contribution in [0.4, 0.5) is 0 Å². The topological polar surface area (TPSA) is 92.9 Å². The summed E-state index contributed by atoms with van der Waals surface area (Å²) in [4.78, 5) is 22.9. The van der Waals surface area contributed by atoms with E-state index in [-0.39, 0.29) is 18.4 Å². The Kier molecular flexibility index (Phi) is 5.06. The summed E-state index contributed by atoms with van der Waals surface area (Å²) in [5.74, 6) is 0.653. The minimum Gasteiger partial charge on any atom is -0.396 e. The van der Waals surface area contributed by atoms with Crippen molar-refractivity contribution in [2.45, 2.75) is 26.7 Å². The first-order valence-electron chi connectivity index (χ1n) is 8.22. The molecule has 3 heterocycles. The first-order valence-corrected chi connectivity index (χ1v) is 8.22. The zero-order valence-corrected chi connectivity index (χ0v) is 14.1. The van der Waals surface area contributed by atoms with Crippen molar-refractivity contribution < 1.29 is 14.6 Å². The van der Waals surface area contributed by atoms with Gasteiger partial charge in [0.1, 0.15) is 6.33 Å². The molecule has 24 heavy (non-hydrogen) atoms. The van der Waals surface area contributed by atoms with Gasteiger partial charge < -0.3 is 14.7 Å². The van der Waals surface area contributed by atoms with E-state index in [2.05, 4.69) is 15.1 Å². The maximum absolute atomic E-state index is 12.6. The number of aliphatic hydroxyl groups is 1. The number of amides is 1. The van der Waals surface area contributed by atoms with E-state index in [4.69, 9.17) is 4.74 Å². The third kappa shape index (κ3) is 3.39. The maximum Gasteiger partial charge on any atom is 0.252 e. The third-order valence-electron chi connectivity index (χ3n) is 4.53. The molecule has 0 saturated carbocycles. The fraction of sp³-hybridized carbons (Fsp3) is 0.625. The largest absolute Gasteiger partial charge is 0.396 e. The van der Waals surface area contributed by atoms with Crippen LogP contribution in [0.25, 0.3) is 5.78 Å². The molecule has 0 aliphatic carbocycles.